The second kappa shape index (κ2) is 5.30. The first-order chi connectivity index (χ1) is 8.56. The SMILES string of the molecule is O=C(O)CCC(=O)Cn1ncc2ccc(Br)cc21. The Balaban J connectivity index is 2.14. The molecule has 6 heteroatoms. The lowest BCUT2D eigenvalue weighted by molar-refractivity contribution is -0.138. The van der Waals surface area contributed by atoms with Crippen molar-refractivity contribution in [2.24, 2.45) is 0 Å². The van der Waals surface area contributed by atoms with Gasteiger partial charge in [-0.2, -0.15) is 5.10 Å². The minimum Gasteiger partial charge on any atom is -0.481 e. The van der Waals surface area contributed by atoms with E-state index < -0.39 is 5.97 Å². The summed E-state index contributed by atoms with van der Waals surface area (Å²) in [6, 6.07) is 5.69. The van der Waals surface area contributed by atoms with Crippen LogP contribution >= 0.6 is 15.9 Å². The van der Waals surface area contributed by atoms with E-state index in [4.69, 9.17) is 5.11 Å². The molecule has 2 aromatic rings. The van der Waals surface area contributed by atoms with Crippen LogP contribution in [0, 0.1) is 0 Å². The smallest absolute Gasteiger partial charge is 0.303 e. The zero-order valence-corrected chi connectivity index (χ0v) is 11.1. The number of nitrogens with zero attached hydrogens (tertiary/aromatic N) is 2. The third-order valence-electron chi connectivity index (χ3n) is 2.55. The first kappa shape index (κ1) is 12.8. The highest BCUT2D eigenvalue weighted by Gasteiger charge is 2.09. The highest BCUT2D eigenvalue weighted by molar-refractivity contribution is 9.10. The summed E-state index contributed by atoms with van der Waals surface area (Å²) in [6.07, 6.45) is 1.58. The quantitative estimate of drug-likeness (QED) is 0.919. The number of rotatable bonds is 5. The molecule has 1 heterocycles. The number of Topliss-reactive ketones (excluding diaryl/α,β-unsaturated/α-hetero) is 1. The lowest BCUT2D eigenvalue weighted by Gasteiger charge is -2.02. The highest BCUT2D eigenvalue weighted by Crippen LogP contribution is 2.19. The van der Waals surface area contributed by atoms with Crippen LogP contribution in [0.5, 0.6) is 0 Å². The van der Waals surface area contributed by atoms with Crippen LogP contribution < -0.4 is 0 Å². The second-order valence-corrected chi connectivity index (χ2v) is 4.85. The van der Waals surface area contributed by atoms with Gasteiger partial charge in [0.1, 0.15) is 6.54 Å². The zero-order valence-electron chi connectivity index (χ0n) is 9.47. The summed E-state index contributed by atoms with van der Waals surface area (Å²) in [5.41, 5.74) is 0.855. The molecule has 0 saturated carbocycles. The van der Waals surface area contributed by atoms with Gasteiger partial charge in [0.05, 0.1) is 18.1 Å². The Morgan fingerprint density at radius 3 is 2.83 bits per heavy atom. The lowest BCUT2D eigenvalue weighted by Crippen LogP contribution is -2.12. The molecule has 0 amide bonds. The number of aromatic nitrogens is 2. The molecule has 0 aliphatic rings. The summed E-state index contributed by atoms with van der Waals surface area (Å²) in [6.45, 7) is 0.104. The lowest BCUT2D eigenvalue weighted by atomic mass is 10.2. The van der Waals surface area contributed by atoms with E-state index in [1.54, 1.807) is 10.9 Å². The van der Waals surface area contributed by atoms with Crippen LogP contribution in [0.3, 0.4) is 0 Å². The van der Waals surface area contributed by atoms with Crippen LogP contribution in [0.25, 0.3) is 10.9 Å². The summed E-state index contributed by atoms with van der Waals surface area (Å²) in [4.78, 5) is 22.0. The zero-order chi connectivity index (χ0) is 13.1. The van der Waals surface area contributed by atoms with E-state index >= 15 is 0 Å². The molecule has 94 valence electrons. The Kier molecular flexibility index (Phi) is 3.76. The molecule has 2 rings (SSSR count). The molecular formula is C12H11BrN2O3. The van der Waals surface area contributed by atoms with Crippen molar-refractivity contribution in [1.29, 1.82) is 0 Å². The number of hydrogen-bond donors (Lipinski definition) is 1. The van der Waals surface area contributed by atoms with E-state index in [9.17, 15) is 9.59 Å². The van der Waals surface area contributed by atoms with Crippen molar-refractivity contribution in [2.45, 2.75) is 19.4 Å². The van der Waals surface area contributed by atoms with E-state index in [0.29, 0.717) is 0 Å². The van der Waals surface area contributed by atoms with Crippen molar-refractivity contribution in [1.82, 2.24) is 9.78 Å². The number of carboxylic acids is 1. The molecule has 0 atom stereocenters. The standard InChI is InChI=1S/C12H11BrN2O3/c13-9-2-1-8-6-14-15(11(8)5-9)7-10(16)3-4-12(17)18/h1-2,5-6H,3-4,7H2,(H,17,18). The molecule has 0 spiro atoms. The summed E-state index contributed by atoms with van der Waals surface area (Å²) in [7, 11) is 0. The average Bonchev–Trinajstić information content (AvgIpc) is 2.69. The number of carboxylic acid groups (broad SMARTS) is 1. The fourth-order valence-electron chi connectivity index (χ4n) is 1.66. The minimum atomic E-state index is -0.962. The molecule has 5 nitrogen and oxygen atoms in total. The van der Waals surface area contributed by atoms with E-state index in [-0.39, 0.29) is 25.2 Å². The molecule has 0 saturated heterocycles. The van der Waals surface area contributed by atoms with E-state index in [1.807, 2.05) is 18.2 Å². The molecule has 0 bridgehead atoms. The van der Waals surface area contributed by atoms with Crippen molar-refractivity contribution >= 4 is 38.6 Å². The highest BCUT2D eigenvalue weighted by atomic mass is 79.9. The predicted molar refractivity (Wildman–Crippen MR) is 69.3 cm³/mol. The minimum absolute atomic E-state index is 0.0324. The molecule has 1 aromatic heterocycles. The fraction of sp³-hybridized carbons (Fsp3) is 0.250. The van der Waals surface area contributed by atoms with Crippen LogP contribution in [-0.2, 0) is 16.1 Å². The molecule has 0 unspecified atom stereocenters. The maximum atomic E-state index is 11.6. The Hall–Kier alpha value is -1.69. The monoisotopic (exact) mass is 310 g/mol. The van der Waals surface area contributed by atoms with Gasteiger partial charge in [0, 0.05) is 16.3 Å². The van der Waals surface area contributed by atoms with Gasteiger partial charge in [0.25, 0.3) is 0 Å². The van der Waals surface area contributed by atoms with Crippen molar-refractivity contribution in [3.8, 4) is 0 Å². The van der Waals surface area contributed by atoms with Gasteiger partial charge in [-0.25, -0.2) is 0 Å². The maximum Gasteiger partial charge on any atom is 0.303 e. The molecule has 1 N–H and O–H groups in total. The number of hydrogen-bond acceptors (Lipinski definition) is 3. The Bertz CT molecular complexity index is 606. The van der Waals surface area contributed by atoms with Gasteiger partial charge in [-0.15, -0.1) is 0 Å². The van der Waals surface area contributed by atoms with Gasteiger partial charge in [-0.3, -0.25) is 14.3 Å². The number of benzene rings is 1. The third-order valence-corrected chi connectivity index (χ3v) is 3.04. The van der Waals surface area contributed by atoms with Crippen molar-refractivity contribution in [3.05, 3.63) is 28.9 Å². The van der Waals surface area contributed by atoms with E-state index in [1.165, 1.54) is 0 Å². The third kappa shape index (κ3) is 2.95. The molecule has 0 fully saturated rings. The van der Waals surface area contributed by atoms with Crippen LogP contribution in [0.1, 0.15) is 12.8 Å². The first-order valence-electron chi connectivity index (χ1n) is 5.41. The number of carbonyl (C=O) groups excluding carboxylic acids is 1. The second-order valence-electron chi connectivity index (χ2n) is 3.94. The Morgan fingerprint density at radius 2 is 2.11 bits per heavy atom. The number of fused-ring (bicyclic) bond motifs is 1. The fourth-order valence-corrected chi connectivity index (χ4v) is 2.01. The van der Waals surface area contributed by atoms with Gasteiger partial charge in [-0.1, -0.05) is 22.0 Å². The van der Waals surface area contributed by atoms with Crippen LogP contribution in [0.4, 0.5) is 0 Å². The number of ketones is 1. The van der Waals surface area contributed by atoms with Gasteiger partial charge in [-0.05, 0) is 12.1 Å². The Labute approximate surface area is 112 Å². The van der Waals surface area contributed by atoms with Crippen molar-refractivity contribution < 1.29 is 14.7 Å². The van der Waals surface area contributed by atoms with E-state index in [2.05, 4.69) is 21.0 Å². The number of carbonyl (C=O) groups is 2. The summed E-state index contributed by atoms with van der Waals surface area (Å²) in [5.74, 6) is -1.10. The summed E-state index contributed by atoms with van der Waals surface area (Å²) in [5, 5.41) is 13.6. The van der Waals surface area contributed by atoms with Crippen molar-refractivity contribution in [3.63, 3.8) is 0 Å². The summed E-state index contributed by atoms with van der Waals surface area (Å²) >= 11 is 3.36. The van der Waals surface area contributed by atoms with Crippen LogP contribution in [-0.4, -0.2) is 26.6 Å². The number of aliphatic carboxylic acids is 1. The van der Waals surface area contributed by atoms with Gasteiger partial charge >= 0.3 is 5.97 Å². The Morgan fingerprint density at radius 1 is 1.33 bits per heavy atom. The molecule has 0 aliphatic carbocycles. The largest absolute Gasteiger partial charge is 0.481 e. The van der Waals surface area contributed by atoms with Gasteiger partial charge in [0.15, 0.2) is 5.78 Å². The van der Waals surface area contributed by atoms with E-state index in [0.717, 1.165) is 15.4 Å². The molecule has 0 aliphatic heterocycles. The van der Waals surface area contributed by atoms with Crippen molar-refractivity contribution in [2.75, 3.05) is 0 Å². The molecule has 18 heavy (non-hydrogen) atoms. The maximum absolute atomic E-state index is 11.6. The normalized spacial score (nSPS) is 10.7. The predicted octanol–water partition coefficient (Wildman–Crippen LogP) is 2.23. The van der Waals surface area contributed by atoms with Crippen LogP contribution in [0.15, 0.2) is 28.9 Å². The average molecular weight is 311 g/mol. The topological polar surface area (TPSA) is 72.2 Å². The van der Waals surface area contributed by atoms with Crippen LogP contribution in [0.2, 0.25) is 0 Å². The first-order valence-corrected chi connectivity index (χ1v) is 6.20. The molecular weight excluding hydrogens is 300 g/mol. The van der Waals surface area contributed by atoms with Gasteiger partial charge in [0.2, 0.25) is 0 Å². The van der Waals surface area contributed by atoms with Gasteiger partial charge < -0.3 is 5.11 Å². The number of halogens is 1. The summed E-state index contributed by atoms with van der Waals surface area (Å²) < 4.78 is 2.50. The molecule has 1 aromatic carbocycles. The molecule has 0 radical (unpaired) electrons.